The van der Waals surface area contributed by atoms with Gasteiger partial charge in [0.15, 0.2) is 0 Å². The van der Waals surface area contributed by atoms with Crippen molar-refractivity contribution < 1.29 is 39.5 Å². The van der Waals surface area contributed by atoms with Crippen LogP contribution in [-0.4, -0.2) is 28.5 Å². The number of alkyl halides is 9. The molecule has 4 aliphatic rings. The first-order valence-electron chi connectivity index (χ1n) is 9.62. The van der Waals surface area contributed by atoms with E-state index in [1.807, 2.05) is 0 Å². The Labute approximate surface area is 166 Å². The molecule has 0 atom stereocenters. The minimum Gasteiger partial charge on any atom is -0.364 e. The van der Waals surface area contributed by atoms with Crippen LogP contribution in [0.5, 0.6) is 0 Å². The van der Waals surface area contributed by atoms with Crippen LogP contribution in [0.4, 0.5) is 45.3 Å². The van der Waals surface area contributed by atoms with Crippen LogP contribution in [-0.2, 0) is 5.92 Å². The van der Waals surface area contributed by atoms with Crippen molar-refractivity contribution in [2.45, 2.75) is 68.0 Å². The van der Waals surface area contributed by atoms with E-state index in [0.717, 1.165) is 31.5 Å². The maximum Gasteiger partial charge on any atom is 0.460 e. The number of halogens is 9. The third-order valence-corrected chi connectivity index (χ3v) is 6.71. The minimum absolute atomic E-state index is 0.340. The van der Waals surface area contributed by atoms with Crippen molar-refractivity contribution in [1.82, 2.24) is 4.98 Å². The molecule has 1 N–H and O–H groups in total. The Morgan fingerprint density at radius 2 is 1.30 bits per heavy atom. The summed E-state index contributed by atoms with van der Waals surface area (Å²) in [6.45, 7) is 0. The van der Waals surface area contributed by atoms with Crippen molar-refractivity contribution >= 4 is 5.82 Å². The minimum atomic E-state index is -6.93. The van der Waals surface area contributed by atoms with Crippen molar-refractivity contribution in [2.75, 3.05) is 5.32 Å². The molecule has 4 fully saturated rings. The van der Waals surface area contributed by atoms with Crippen LogP contribution in [0.2, 0.25) is 0 Å². The number of hydrogen-bond donors (Lipinski definition) is 1. The number of nitrogens with zero attached hydrogens (tertiary/aromatic N) is 1. The topological polar surface area (TPSA) is 24.9 Å². The Hall–Kier alpha value is -1.68. The van der Waals surface area contributed by atoms with Gasteiger partial charge in [0.2, 0.25) is 0 Å². The monoisotopic (exact) mass is 446 g/mol. The third-order valence-electron chi connectivity index (χ3n) is 6.71. The lowest BCUT2D eigenvalue weighted by Gasteiger charge is -2.57. The van der Waals surface area contributed by atoms with Gasteiger partial charge < -0.3 is 5.32 Å². The predicted octanol–water partition coefficient (Wildman–Crippen LogP) is 6.39. The van der Waals surface area contributed by atoms with Gasteiger partial charge in [0.05, 0.1) is 5.56 Å². The molecule has 0 aromatic carbocycles. The highest BCUT2D eigenvalue weighted by Crippen LogP contribution is 2.59. The average molecular weight is 446 g/mol. The summed E-state index contributed by atoms with van der Waals surface area (Å²) in [5, 5.41) is 2.77. The van der Waals surface area contributed by atoms with Gasteiger partial charge in [-0.05, 0) is 68.4 Å². The molecule has 4 aliphatic carbocycles. The van der Waals surface area contributed by atoms with E-state index in [4.69, 9.17) is 0 Å². The number of aromatic nitrogens is 1. The Morgan fingerprint density at radius 1 is 0.800 bits per heavy atom. The molecule has 0 amide bonds. The van der Waals surface area contributed by atoms with E-state index in [1.54, 1.807) is 0 Å². The standard InChI is InChI=1S/C19H19F9N2/c20-16(21,17(22,23)18(24,25)19(26,27)28)13-2-1-3-29-14(13)30-15-7-10-4-11(8-15)6-12(5-10)9-15/h1-3,10-12H,4-9H2,(H,29,30). The first-order valence-corrected chi connectivity index (χ1v) is 9.62. The quantitative estimate of drug-likeness (QED) is 0.531. The van der Waals surface area contributed by atoms with Crippen LogP contribution in [0.15, 0.2) is 18.3 Å². The van der Waals surface area contributed by atoms with E-state index in [1.165, 1.54) is 0 Å². The van der Waals surface area contributed by atoms with Gasteiger partial charge in [0, 0.05) is 11.7 Å². The lowest BCUT2D eigenvalue weighted by atomic mass is 9.53. The number of hydrogen-bond acceptors (Lipinski definition) is 2. The van der Waals surface area contributed by atoms with Crippen molar-refractivity contribution in [3.05, 3.63) is 23.9 Å². The summed E-state index contributed by atoms with van der Waals surface area (Å²) in [5.74, 6) is -19.2. The molecule has 1 heterocycles. The van der Waals surface area contributed by atoms with Gasteiger partial charge in [0.25, 0.3) is 0 Å². The van der Waals surface area contributed by atoms with E-state index in [0.29, 0.717) is 43.1 Å². The van der Waals surface area contributed by atoms with E-state index >= 15 is 0 Å². The molecule has 11 heteroatoms. The molecule has 0 spiro atoms. The van der Waals surface area contributed by atoms with Crippen molar-refractivity contribution in [2.24, 2.45) is 17.8 Å². The van der Waals surface area contributed by atoms with Crippen LogP contribution >= 0.6 is 0 Å². The van der Waals surface area contributed by atoms with E-state index in [2.05, 4.69) is 10.3 Å². The Bertz CT molecular complexity index is 783. The van der Waals surface area contributed by atoms with E-state index in [9.17, 15) is 39.5 Å². The second-order valence-electron chi connectivity index (χ2n) is 8.94. The van der Waals surface area contributed by atoms with Crippen molar-refractivity contribution in [3.8, 4) is 0 Å². The number of pyridine rings is 1. The molecule has 4 bridgehead atoms. The summed E-state index contributed by atoms with van der Waals surface area (Å²) in [6.07, 6.45) is -1.11. The molecule has 168 valence electrons. The lowest BCUT2D eigenvalue weighted by Crippen LogP contribution is -2.60. The van der Waals surface area contributed by atoms with Crippen molar-refractivity contribution in [3.63, 3.8) is 0 Å². The van der Waals surface area contributed by atoms with Gasteiger partial charge in [-0.15, -0.1) is 0 Å². The number of nitrogens with one attached hydrogen (secondary N) is 1. The molecule has 2 nitrogen and oxygen atoms in total. The van der Waals surface area contributed by atoms with E-state index < -0.39 is 40.9 Å². The molecular formula is C19H19F9N2. The molecule has 0 radical (unpaired) electrons. The normalized spacial score (nSPS) is 31.8. The predicted molar refractivity (Wildman–Crippen MR) is 88.6 cm³/mol. The third kappa shape index (κ3) is 3.05. The van der Waals surface area contributed by atoms with Crippen LogP contribution in [0.1, 0.15) is 44.1 Å². The van der Waals surface area contributed by atoms with Gasteiger partial charge in [0.1, 0.15) is 5.82 Å². The highest BCUT2D eigenvalue weighted by atomic mass is 19.4. The summed E-state index contributed by atoms with van der Waals surface area (Å²) in [5.41, 5.74) is -2.37. The Balaban J connectivity index is 1.70. The Kier molecular flexibility index (Phi) is 4.61. The highest BCUT2D eigenvalue weighted by Gasteiger charge is 2.82. The average Bonchev–Trinajstić information content (AvgIpc) is 2.59. The molecule has 5 rings (SSSR count). The fourth-order valence-electron chi connectivity index (χ4n) is 5.82. The van der Waals surface area contributed by atoms with Crippen LogP contribution in [0, 0.1) is 17.8 Å². The molecule has 0 unspecified atom stereocenters. The van der Waals surface area contributed by atoms with Gasteiger partial charge in [-0.1, -0.05) is 0 Å². The zero-order valence-corrected chi connectivity index (χ0v) is 15.6. The van der Waals surface area contributed by atoms with Gasteiger partial charge in [-0.25, -0.2) is 4.98 Å². The van der Waals surface area contributed by atoms with Gasteiger partial charge in [-0.3, -0.25) is 0 Å². The molecule has 0 saturated heterocycles. The zero-order valence-electron chi connectivity index (χ0n) is 15.6. The molecule has 30 heavy (non-hydrogen) atoms. The summed E-state index contributed by atoms with van der Waals surface area (Å²) in [4.78, 5) is 3.63. The van der Waals surface area contributed by atoms with Crippen molar-refractivity contribution in [1.29, 1.82) is 0 Å². The fourth-order valence-corrected chi connectivity index (χ4v) is 5.82. The molecule has 1 aromatic heterocycles. The number of anilines is 1. The molecule has 4 saturated carbocycles. The molecule has 0 aliphatic heterocycles. The second-order valence-corrected chi connectivity index (χ2v) is 8.94. The Morgan fingerprint density at radius 3 is 1.77 bits per heavy atom. The van der Waals surface area contributed by atoms with Crippen LogP contribution in [0.3, 0.4) is 0 Å². The summed E-state index contributed by atoms with van der Waals surface area (Å²) < 4.78 is 121. The van der Waals surface area contributed by atoms with Crippen LogP contribution in [0.25, 0.3) is 0 Å². The van der Waals surface area contributed by atoms with Crippen LogP contribution < -0.4 is 5.32 Å². The summed E-state index contributed by atoms with van der Waals surface area (Å²) in [6, 6.07) is 1.21. The summed E-state index contributed by atoms with van der Waals surface area (Å²) in [7, 11) is 0. The highest BCUT2D eigenvalue weighted by molar-refractivity contribution is 5.50. The lowest BCUT2D eigenvalue weighted by molar-refractivity contribution is -0.399. The smallest absolute Gasteiger partial charge is 0.364 e. The SMILES string of the molecule is FC(F)(F)C(F)(F)C(F)(F)C(F)(F)c1cccnc1NC12CC3CC(CC(C3)C1)C2. The fraction of sp³-hybridized carbons (Fsp3) is 0.737. The maximum absolute atomic E-state index is 14.6. The van der Waals surface area contributed by atoms with E-state index in [-0.39, 0.29) is 0 Å². The molecular weight excluding hydrogens is 427 g/mol. The summed E-state index contributed by atoms with van der Waals surface area (Å²) >= 11 is 0. The zero-order chi connectivity index (χ0) is 22.2. The number of rotatable bonds is 5. The maximum atomic E-state index is 14.6. The van der Waals surface area contributed by atoms with Gasteiger partial charge in [-0.2, -0.15) is 39.5 Å². The second kappa shape index (κ2) is 6.41. The largest absolute Gasteiger partial charge is 0.460 e. The van der Waals surface area contributed by atoms with Gasteiger partial charge >= 0.3 is 23.9 Å². The molecule has 1 aromatic rings. The first kappa shape index (κ1) is 21.5. The first-order chi connectivity index (χ1) is 13.7.